The summed E-state index contributed by atoms with van der Waals surface area (Å²) in [5.41, 5.74) is 5.33. The number of likely N-dealkylation sites (tertiary alicyclic amines) is 1. The largest absolute Gasteiger partial charge is 0.369 e. The standard InChI is InChI=1S/C16H25N5O2/c1-11(12-2-3-12)21-14(4-7-18-21)19-15(22)10-20-8-5-13(6-9-20)16(17)23/h4,7,11-13H,2-3,5-6,8-10H2,1H3,(H2,17,23)(H,19,22). The molecule has 3 rings (SSSR count). The summed E-state index contributed by atoms with van der Waals surface area (Å²) in [5.74, 6) is 1.13. The second-order valence-corrected chi connectivity index (χ2v) is 6.74. The van der Waals surface area contributed by atoms with Crippen molar-refractivity contribution in [3.8, 4) is 0 Å². The molecule has 1 aliphatic carbocycles. The molecule has 126 valence electrons. The summed E-state index contributed by atoms with van der Waals surface area (Å²) in [6.07, 6.45) is 5.68. The van der Waals surface area contributed by atoms with Crippen molar-refractivity contribution in [3.05, 3.63) is 12.3 Å². The maximum Gasteiger partial charge on any atom is 0.239 e. The number of amides is 2. The number of anilines is 1. The van der Waals surface area contributed by atoms with E-state index in [-0.39, 0.29) is 17.7 Å². The molecule has 3 N–H and O–H groups in total. The molecule has 0 spiro atoms. The number of nitrogens with two attached hydrogens (primary N) is 1. The first-order valence-electron chi connectivity index (χ1n) is 8.39. The summed E-state index contributed by atoms with van der Waals surface area (Å²) in [6, 6.07) is 2.17. The van der Waals surface area contributed by atoms with E-state index in [0.29, 0.717) is 18.5 Å². The Labute approximate surface area is 136 Å². The minimum absolute atomic E-state index is 0.0349. The predicted molar refractivity (Wildman–Crippen MR) is 86.7 cm³/mol. The van der Waals surface area contributed by atoms with Gasteiger partial charge in [0.2, 0.25) is 11.8 Å². The van der Waals surface area contributed by atoms with Crippen LogP contribution in [-0.4, -0.2) is 46.1 Å². The van der Waals surface area contributed by atoms with Crippen LogP contribution in [0.15, 0.2) is 12.3 Å². The van der Waals surface area contributed by atoms with Gasteiger partial charge < -0.3 is 11.1 Å². The summed E-state index contributed by atoms with van der Waals surface area (Å²) >= 11 is 0. The highest BCUT2D eigenvalue weighted by Gasteiger charge is 2.31. The van der Waals surface area contributed by atoms with Crippen LogP contribution >= 0.6 is 0 Å². The lowest BCUT2D eigenvalue weighted by molar-refractivity contribution is -0.123. The fourth-order valence-electron chi connectivity index (χ4n) is 3.28. The Hall–Kier alpha value is -1.89. The van der Waals surface area contributed by atoms with E-state index in [1.807, 2.05) is 10.7 Å². The molecule has 1 aromatic heterocycles. The zero-order valence-corrected chi connectivity index (χ0v) is 13.6. The lowest BCUT2D eigenvalue weighted by Crippen LogP contribution is -2.42. The quantitative estimate of drug-likeness (QED) is 0.817. The molecule has 7 heteroatoms. The van der Waals surface area contributed by atoms with Crippen molar-refractivity contribution in [2.75, 3.05) is 25.0 Å². The zero-order valence-electron chi connectivity index (χ0n) is 13.6. The van der Waals surface area contributed by atoms with Crippen LogP contribution in [0.2, 0.25) is 0 Å². The normalized spacial score (nSPS) is 21.1. The lowest BCUT2D eigenvalue weighted by Gasteiger charge is -2.29. The van der Waals surface area contributed by atoms with Gasteiger partial charge in [0.25, 0.3) is 0 Å². The Morgan fingerprint density at radius 1 is 1.35 bits per heavy atom. The molecule has 1 aromatic rings. The molecule has 1 saturated heterocycles. The second kappa shape index (κ2) is 6.70. The third kappa shape index (κ3) is 3.90. The molecule has 23 heavy (non-hydrogen) atoms. The van der Waals surface area contributed by atoms with Gasteiger partial charge in [0.15, 0.2) is 0 Å². The average Bonchev–Trinajstić information content (AvgIpc) is 3.27. The molecule has 2 aliphatic rings. The third-order valence-corrected chi connectivity index (χ3v) is 4.98. The molecule has 2 fully saturated rings. The van der Waals surface area contributed by atoms with E-state index < -0.39 is 0 Å². The van der Waals surface area contributed by atoms with Crippen molar-refractivity contribution in [2.45, 2.75) is 38.6 Å². The number of piperidine rings is 1. The molecule has 0 bridgehead atoms. The summed E-state index contributed by atoms with van der Waals surface area (Å²) in [7, 11) is 0. The molecule has 1 unspecified atom stereocenters. The number of aromatic nitrogens is 2. The molecule has 0 aromatic carbocycles. The molecular weight excluding hydrogens is 294 g/mol. The van der Waals surface area contributed by atoms with Gasteiger partial charge in [0, 0.05) is 12.0 Å². The highest BCUT2D eigenvalue weighted by molar-refractivity contribution is 5.91. The Morgan fingerprint density at radius 2 is 2.04 bits per heavy atom. The smallest absolute Gasteiger partial charge is 0.239 e. The van der Waals surface area contributed by atoms with Crippen molar-refractivity contribution >= 4 is 17.6 Å². The van der Waals surface area contributed by atoms with Crippen LogP contribution in [0.5, 0.6) is 0 Å². The van der Waals surface area contributed by atoms with E-state index in [4.69, 9.17) is 5.73 Å². The fourth-order valence-corrected chi connectivity index (χ4v) is 3.28. The molecule has 1 saturated carbocycles. The number of primary amides is 1. The Morgan fingerprint density at radius 3 is 2.65 bits per heavy atom. The van der Waals surface area contributed by atoms with Crippen LogP contribution in [0.4, 0.5) is 5.82 Å². The van der Waals surface area contributed by atoms with Crippen molar-refractivity contribution in [1.29, 1.82) is 0 Å². The van der Waals surface area contributed by atoms with Gasteiger partial charge in [0.1, 0.15) is 5.82 Å². The average molecular weight is 319 g/mol. The van der Waals surface area contributed by atoms with E-state index in [1.165, 1.54) is 12.8 Å². The minimum atomic E-state index is -0.230. The van der Waals surface area contributed by atoms with Crippen molar-refractivity contribution in [2.24, 2.45) is 17.6 Å². The van der Waals surface area contributed by atoms with Crippen molar-refractivity contribution in [1.82, 2.24) is 14.7 Å². The van der Waals surface area contributed by atoms with Crippen LogP contribution in [0.3, 0.4) is 0 Å². The summed E-state index contributed by atoms with van der Waals surface area (Å²) in [4.78, 5) is 25.5. The van der Waals surface area contributed by atoms with Gasteiger partial charge in [-0.2, -0.15) is 5.10 Å². The lowest BCUT2D eigenvalue weighted by atomic mass is 9.96. The number of nitrogens with zero attached hydrogens (tertiary/aromatic N) is 3. The van der Waals surface area contributed by atoms with E-state index in [9.17, 15) is 9.59 Å². The van der Waals surface area contributed by atoms with Crippen LogP contribution in [-0.2, 0) is 9.59 Å². The van der Waals surface area contributed by atoms with E-state index >= 15 is 0 Å². The van der Waals surface area contributed by atoms with Crippen LogP contribution in [0, 0.1) is 11.8 Å². The van der Waals surface area contributed by atoms with Gasteiger partial charge in [-0.15, -0.1) is 0 Å². The van der Waals surface area contributed by atoms with E-state index in [2.05, 4.69) is 22.2 Å². The topological polar surface area (TPSA) is 93.2 Å². The first kappa shape index (κ1) is 16.0. The molecule has 0 radical (unpaired) electrons. The minimum Gasteiger partial charge on any atom is -0.369 e. The third-order valence-electron chi connectivity index (χ3n) is 4.98. The Balaban J connectivity index is 1.50. The van der Waals surface area contributed by atoms with Gasteiger partial charge in [-0.3, -0.25) is 14.5 Å². The molecule has 2 heterocycles. The Bertz CT molecular complexity index is 573. The summed E-state index contributed by atoms with van der Waals surface area (Å²) < 4.78 is 1.91. The monoisotopic (exact) mass is 319 g/mol. The first-order valence-corrected chi connectivity index (χ1v) is 8.39. The van der Waals surface area contributed by atoms with Gasteiger partial charge in [0.05, 0.1) is 18.8 Å². The van der Waals surface area contributed by atoms with Crippen molar-refractivity contribution in [3.63, 3.8) is 0 Å². The van der Waals surface area contributed by atoms with Crippen LogP contribution < -0.4 is 11.1 Å². The highest BCUT2D eigenvalue weighted by atomic mass is 16.2. The maximum absolute atomic E-state index is 12.3. The second-order valence-electron chi connectivity index (χ2n) is 6.74. The molecule has 2 amide bonds. The van der Waals surface area contributed by atoms with Crippen LogP contribution in [0.25, 0.3) is 0 Å². The van der Waals surface area contributed by atoms with Gasteiger partial charge in [-0.05, 0) is 51.6 Å². The summed E-state index contributed by atoms with van der Waals surface area (Å²) in [5, 5.41) is 7.31. The maximum atomic E-state index is 12.3. The number of rotatable bonds is 6. The SMILES string of the molecule is CC(C1CC1)n1nccc1NC(=O)CN1CCC(C(N)=O)CC1. The van der Waals surface area contributed by atoms with Gasteiger partial charge in [-0.1, -0.05) is 0 Å². The molecule has 7 nitrogen and oxygen atoms in total. The number of carbonyl (C=O) groups excluding carboxylic acids is 2. The summed E-state index contributed by atoms with van der Waals surface area (Å²) in [6.45, 7) is 3.96. The van der Waals surface area contributed by atoms with Crippen LogP contribution in [0.1, 0.15) is 38.6 Å². The predicted octanol–water partition coefficient (Wildman–Crippen LogP) is 0.990. The first-order chi connectivity index (χ1) is 11.0. The number of nitrogens with one attached hydrogen (secondary N) is 1. The van der Waals surface area contributed by atoms with Crippen molar-refractivity contribution < 1.29 is 9.59 Å². The van der Waals surface area contributed by atoms with E-state index in [0.717, 1.165) is 31.7 Å². The zero-order chi connectivity index (χ0) is 16.4. The Kier molecular flexibility index (Phi) is 4.66. The molecule has 1 atom stereocenters. The fraction of sp³-hybridized carbons (Fsp3) is 0.688. The van der Waals surface area contributed by atoms with E-state index in [1.54, 1.807) is 6.20 Å². The van der Waals surface area contributed by atoms with Gasteiger partial charge in [-0.25, -0.2) is 4.68 Å². The molecule has 1 aliphatic heterocycles. The number of hydrogen-bond acceptors (Lipinski definition) is 4. The highest BCUT2D eigenvalue weighted by Crippen LogP contribution is 2.40. The molecular formula is C16H25N5O2. The number of hydrogen-bond donors (Lipinski definition) is 2. The number of carbonyl (C=O) groups is 2. The van der Waals surface area contributed by atoms with Gasteiger partial charge >= 0.3 is 0 Å².